The Hall–Kier alpha value is -1.97. The molecule has 0 saturated carbocycles. The van der Waals surface area contributed by atoms with E-state index in [1.54, 1.807) is 12.4 Å². The van der Waals surface area contributed by atoms with Crippen LogP contribution in [0.2, 0.25) is 0 Å². The van der Waals surface area contributed by atoms with E-state index in [0.29, 0.717) is 5.82 Å². The van der Waals surface area contributed by atoms with Gasteiger partial charge in [0.2, 0.25) is 0 Å². The van der Waals surface area contributed by atoms with E-state index in [1.165, 1.54) is 0 Å². The van der Waals surface area contributed by atoms with Gasteiger partial charge >= 0.3 is 0 Å². The second-order valence-corrected chi connectivity index (χ2v) is 2.78. The summed E-state index contributed by atoms with van der Waals surface area (Å²) in [4.78, 5) is 0. The van der Waals surface area contributed by atoms with Gasteiger partial charge in [0.05, 0.1) is 6.20 Å². The van der Waals surface area contributed by atoms with Crippen molar-refractivity contribution in [3.63, 3.8) is 0 Å². The summed E-state index contributed by atoms with van der Waals surface area (Å²) < 4.78 is 0. The zero-order valence-electron chi connectivity index (χ0n) is 7.81. The van der Waals surface area contributed by atoms with Crippen molar-refractivity contribution >= 4 is 22.8 Å². The van der Waals surface area contributed by atoms with E-state index < -0.39 is 0 Å². The molecule has 1 heterocycles. The van der Waals surface area contributed by atoms with Gasteiger partial charge in [0.1, 0.15) is 0 Å². The first-order chi connectivity index (χ1) is 6.92. The van der Waals surface area contributed by atoms with Crippen LogP contribution in [0.1, 0.15) is 6.92 Å². The van der Waals surface area contributed by atoms with Gasteiger partial charge in [-0.25, -0.2) is 0 Å². The van der Waals surface area contributed by atoms with Gasteiger partial charge in [-0.05, 0) is 6.92 Å². The van der Waals surface area contributed by atoms with Crippen LogP contribution in [-0.2, 0) is 0 Å². The van der Waals surface area contributed by atoms with Crippen molar-refractivity contribution in [2.24, 2.45) is 5.10 Å². The van der Waals surface area contributed by atoms with E-state index >= 15 is 0 Å². The van der Waals surface area contributed by atoms with E-state index in [2.05, 4.69) is 20.7 Å². The highest BCUT2D eigenvalue weighted by molar-refractivity contribution is 5.90. The van der Waals surface area contributed by atoms with Gasteiger partial charge in [-0.1, -0.05) is 24.3 Å². The van der Waals surface area contributed by atoms with Gasteiger partial charge < -0.3 is 0 Å². The van der Waals surface area contributed by atoms with Crippen LogP contribution < -0.4 is 5.43 Å². The molecule has 0 aliphatic rings. The van der Waals surface area contributed by atoms with Crippen molar-refractivity contribution in [1.82, 2.24) is 10.2 Å². The molecule has 1 N–H and O–H groups in total. The van der Waals surface area contributed by atoms with Crippen molar-refractivity contribution < 1.29 is 0 Å². The molecule has 0 atom stereocenters. The second-order valence-electron chi connectivity index (χ2n) is 2.78. The fraction of sp³-hybridized carbons (Fsp3) is 0.100. The molecular weight excluding hydrogens is 176 g/mol. The van der Waals surface area contributed by atoms with Crippen LogP contribution in [0, 0.1) is 0 Å². The van der Waals surface area contributed by atoms with Gasteiger partial charge in [0.15, 0.2) is 5.82 Å². The first kappa shape index (κ1) is 8.62. The van der Waals surface area contributed by atoms with E-state index in [9.17, 15) is 0 Å². The summed E-state index contributed by atoms with van der Waals surface area (Å²) in [7, 11) is 0. The van der Waals surface area contributed by atoms with Crippen molar-refractivity contribution in [3.05, 3.63) is 30.5 Å². The zero-order chi connectivity index (χ0) is 9.80. The standard InChI is InChI=1S/C10H10N4/c1-2-11-13-10-9-6-4-3-5-8(9)7-12-14-10/h2-7H,1H3,(H,13,14)/b11-2+. The monoisotopic (exact) mass is 186 g/mol. The summed E-state index contributed by atoms with van der Waals surface area (Å²) >= 11 is 0. The lowest BCUT2D eigenvalue weighted by molar-refractivity contribution is 1.04. The van der Waals surface area contributed by atoms with Gasteiger partial charge in [0, 0.05) is 17.0 Å². The van der Waals surface area contributed by atoms with Gasteiger partial charge in [-0.15, -0.1) is 5.10 Å². The zero-order valence-corrected chi connectivity index (χ0v) is 7.81. The molecule has 0 aliphatic carbocycles. The topological polar surface area (TPSA) is 50.2 Å². The molecule has 0 unspecified atom stereocenters. The van der Waals surface area contributed by atoms with Crippen LogP contribution in [0.25, 0.3) is 10.8 Å². The molecule has 1 aromatic carbocycles. The van der Waals surface area contributed by atoms with Crippen molar-refractivity contribution in [2.75, 3.05) is 5.43 Å². The van der Waals surface area contributed by atoms with Crippen LogP contribution in [-0.4, -0.2) is 16.4 Å². The Morgan fingerprint density at radius 1 is 1.36 bits per heavy atom. The Morgan fingerprint density at radius 3 is 3.07 bits per heavy atom. The van der Waals surface area contributed by atoms with Gasteiger partial charge in [0.25, 0.3) is 0 Å². The molecule has 2 rings (SSSR count). The highest BCUT2D eigenvalue weighted by atomic mass is 15.3. The molecule has 0 fully saturated rings. The SMILES string of the molecule is C/C=N/Nc1nncc2ccccc12. The third-order valence-corrected chi connectivity index (χ3v) is 1.87. The first-order valence-electron chi connectivity index (χ1n) is 4.36. The predicted molar refractivity (Wildman–Crippen MR) is 57.3 cm³/mol. The molecule has 4 heteroatoms. The van der Waals surface area contributed by atoms with E-state index in [4.69, 9.17) is 0 Å². The lowest BCUT2D eigenvalue weighted by Crippen LogP contribution is -1.94. The quantitative estimate of drug-likeness (QED) is 0.576. The average molecular weight is 186 g/mol. The molecule has 70 valence electrons. The minimum absolute atomic E-state index is 0.682. The molecule has 0 saturated heterocycles. The minimum atomic E-state index is 0.682. The maximum atomic E-state index is 3.97. The smallest absolute Gasteiger partial charge is 0.176 e. The molecule has 0 radical (unpaired) electrons. The fourth-order valence-electron chi connectivity index (χ4n) is 1.24. The number of anilines is 1. The maximum Gasteiger partial charge on any atom is 0.176 e. The Balaban J connectivity index is 2.53. The molecular formula is C10H10N4. The first-order valence-corrected chi connectivity index (χ1v) is 4.36. The van der Waals surface area contributed by atoms with E-state index in [-0.39, 0.29) is 0 Å². The highest BCUT2D eigenvalue weighted by Crippen LogP contribution is 2.18. The average Bonchev–Trinajstić information content (AvgIpc) is 2.26. The number of hydrogen-bond donors (Lipinski definition) is 1. The largest absolute Gasteiger partial charge is 0.260 e. The fourth-order valence-corrected chi connectivity index (χ4v) is 1.24. The number of aromatic nitrogens is 2. The summed E-state index contributed by atoms with van der Waals surface area (Å²) in [5, 5.41) is 13.8. The Morgan fingerprint density at radius 2 is 2.21 bits per heavy atom. The number of hydrogen-bond acceptors (Lipinski definition) is 4. The Bertz CT molecular complexity index is 459. The van der Waals surface area contributed by atoms with E-state index in [0.717, 1.165) is 10.8 Å². The summed E-state index contributed by atoms with van der Waals surface area (Å²) in [5.41, 5.74) is 2.83. The third-order valence-electron chi connectivity index (χ3n) is 1.87. The summed E-state index contributed by atoms with van der Waals surface area (Å²) in [5.74, 6) is 0.682. The lowest BCUT2D eigenvalue weighted by Gasteiger charge is -2.01. The van der Waals surface area contributed by atoms with Gasteiger partial charge in [-0.2, -0.15) is 10.2 Å². The maximum absolute atomic E-state index is 3.97. The highest BCUT2D eigenvalue weighted by Gasteiger charge is 1.99. The van der Waals surface area contributed by atoms with Crippen LogP contribution in [0.4, 0.5) is 5.82 Å². The number of hydrazone groups is 1. The molecule has 1 aromatic heterocycles. The number of fused-ring (bicyclic) bond motifs is 1. The lowest BCUT2D eigenvalue weighted by atomic mass is 10.2. The molecule has 0 spiro atoms. The van der Waals surface area contributed by atoms with Gasteiger partial charge in [-0.3, -0.25) is 5.43 Å². The molecule has 4 nitrogen and oxygen atoms in total. The minimum Gasteiger partial charge on any atom is -0.260 e. The molecule has 14 heavy (non-hydrogen) atoms. The summed E-state index contributed by atoms with van der Waals surface area (Å²) in [6, 6.07) is 7.91. The summed E-state index contributed by atoms with van der Waals surface area (Å²) in [6.07, 6.45) is 3.40. The van der Waals surface area contributed by atoms with Crippen molar-refractivity contribution in [2.45, 2.75) is 6.92 Å². The molecule has 0 amide bonds. The number of benzene rings is 1. The second kappa shape index (κ2) is 3.83. The molecule has 0 aliphatic heterocycles. The third kappa shape index (κ3) is 1.54. The predicted octanol–water partition coefficient (Wildman–Crippen LogP) is 2.05. The number of rotatable bonds is 2. The van der Waals surface area contributed by atoms with Crippen molar-refractivity contribution in [1.29, 1.82) is 0 Å². The van der Waals surface area contributed by atoms with Crippen LogP contribution >= 0.6 is 0 Å². The molecule has 0 bridgehead atoms. The number of nitrogens with one attached hydrogen (secondary N) is 1. The normalized spacial score (nSPS) is 10.9. The summed E-state index contributed by atoms with van der Waals surface area (Å²) in [6.45, 7) is 1.84. The Kier molecular flexibility index (Phi) is 2.36. The molecule has 2 aromatic rings. The van der Waals surface area contributed by atoms with Crippen LogP contribution in [0.3, 0.4) is 0 Å². The number of nitrogens with zero attached hydrogens (tertiary/aromatic N) is 3. The van der Waals surface area contributed by atoms with E-state index in [1.807, 2.05) is 31.2 Å². The van der Waals surface area contributed by atoms with Crippen LogP contribution in [0.15, 0.2) is 35.6 Å². The van der Waals surface area contributed by atoms with Crippen LogP contribution in [0.5, 0.6) is 0 Å². The van der Waals surface area contributed by atoms with Crippen molar-refractivity contribution in [3.8, 4) is 0 Å². The Labute approximate surface area is 81.7 Å².